The number of hydrogen-bond donors (Lipinski definition) is 0. The fourth-order valence-corrected chi connectivity index (χ4v) is 0.650. The molecule has 12 heavy (non-hydrogen) atoms. The third kappa shape index (κ3) is 5.92. The summed E-state index contributed by atoms with van der Waals surface area (Å²) in [5, 5.41) is 0. The normalized spacial score (nSPS) is 9.08. The Morgan fingerprint density at radius 1 is 1.50 bits per heavy atom. The lowest BCUT2D eigenvalue weighted by Crippen LogP contribution is -2.07. The van der Waals surface area contributed by atoms with Gasteiger partial charge in [0, 0.05) is 6.42 Å². The Balaban J connectivity index is 3.27. The van der Waals surface area contributed by atoms with Crippen LogP contribution in [0.3, 0.4) is 0 Å². The van der Waals surface area contributed by atoms with Crippen LogP contribution in [-0.4, -0.2) is 24.2 Å². The molecular formula is C8H11ClO3. The summed E-state index contributed by atoms with van der Waals surface area (Å²) in [5.41, 5.74) is 0. The molecule has 0 bridgehead atoms. The molecule has 0 rings (SSSR count). The van der Waals surface area contributed by atoms with Crippen LogP contribution >= 0.6 is 11.6 Å². The molecule has 4 heteroatoms. The Morgan fingerprint density at radius 3 is 2.67 bits per heavy atom. The number of carbonyl (C=O) groups excluding carboxylic acids is 2. The fourth-order valence-electron chi connectivity index (χ4n) is 0.573. The molecule has 0 fully saturated rings. The van der Waals surface area contributed by atoms with E-state index in [2.05, 4.69) is 11.3 Å². The predicted octanol–water partition coefficient (Wildman–Crippen LogP) is 1.30. The highest BCUT2D eigenvalue weighted by molar-refractivity contribution is 6.26. The lowest BCUT2D eigenvalue weighted by atomic mass is 10.2. The molecule has 0 aliphatic carbocycles. The van der Waals surface area contributed by atoms with Crippen LogP contribution in [0.25, 0.3) is 0 Å². The van der Waals surface area contributed by atoms with Gasteiger partial charge in [-0.05, 0) is 12.5 Å². The van der Waals surface area contributed by atoms with E-state index in [-0.39, 0.29) is 18.3 Å². The van der Waals surface area contributed by atoms with E-state index in [0.29, 0.717) is 12.8 Å². The van der Waals surface area contributed by atoms with Crippen molar-refractivity contribution in [3.63, 3.8) is 0 Å². The van der Waals surface area contributed by atoms with Crippen molar-refractivity contribution in [1.29, 1.82) is 0 Å². The lowest BCUT2D eigenvalue weighted by Gasteiger charge is -1.99. The minimum absolute atomic E-state index is 0.0445. The molecule has 0 aromatic carbocycles. The highest BCUT2D eigenvalue weighted by Gasteiger charge is 2.00. The van der Waals surface area contributed by atoms with Gasteiger partial charge in [-0.1, -0.05) is 6.58 Å². The molecule has 0 aromatic rings. The molecule has 0 amide bonds. The van der Waals surface area contributed by atoms with Crippen LogP contribution in [0.15, 0.2) is 12.7 Å². The maximum Gasteiger partial charge on any atom is 0.320 e. The van der Waals surface area contributed by atoms with E-state index in [1.165, 1.54) is 6.08 Å². The number of rotatable bonds is 6. The van der Waals surface area contributed by atoms with Gasteiger partial charge in [0.15, 0.2) is 5.78 Å². The number of ether oxygens (including phenoxy) is 1. The SMILES string of the molecule is C=CC(=O)CCCOC(=O)CCl. The van der Waals surface area contributed by atoms with Crippen LogP contribution in [0.2, 0.25) is 0 Å². The lowest BCUT2D eigenvalue weighted by molar-refractivity contribution is -0.141. The van der Waals surface area contributed by atoms with Gasteiger partial charge >= 0.3 is 5.97 Å². The maximum atomic E-state index is 10.6. The number of hydrogen-bond acceptors (Lipinski definition) is 3. The molecule has 0 unspecified atom stereocenters. The first-order valence-electron chi connectivity index (χ1n) is 3.57. The largest absolute Gasteiger partial charge is 0.465 e. The van der Waals surface area contributed by atoms with Gasteiger partial charge in [-0.25, -0.2) is 0 Å². The summed E-state index contributed by atoms with van der Waals surface area (Å²) in [6.45, 7) is 3.55. The first-order valence-corrected chi connectivity index (χ1v) is 4.11. The molecule has 0 heterocycles. The summed E-state index contributed by atoms with van der Waals surface area (Å²) < 4.78 is 4.63. The highest BCUT2D eigenvalue weighted by atomic mass is 35.5. The number of allylic oxidation sites excluding steroid dienone is 1. The molecular weight excluding hydrogens is 180 g/mol. The van der Waals surface area contributed by atoms with Crippen LogP contribution in [0.4, 0.5) is 0 Å². The average Bonchev–Trinajstić information content (AvgIpc) is 2.11. The molecule has 0 saturated carbocycles. The van der Waals surface area contributed by atoms with E-state index >= 15 is 0 Å². The van der Waals surface area contributed by atoms with Crippen LogP contribution < -0.4 is 0 Å². The Bertz CT molecular complexity index is 177. The Kier molecular flexibility index (Phi) is 6.38. The van der Waals surface area contributed by atoms with Crippen LogP contribution in [0.1, 0.15) is 12.8 Å². The standard InChI is InChI=1S/C8H11ClO3/c1-2-7(10)4-3-5-12-8(11)6-9/h2H,1,3-6H2. The Hall–Kier alpha value is -0.830. The van der Waals surface area contributed by atoms with Gasteiger partial charge in [-0.15, -0.1) is 11.6 Å². The van der Waals surface area contributed by atoms with Crippen LogP contribution in [0.5, 0.6) is 0 Å². The number of esters is 1. The van der Waals surface area contributed by atoms with Crippen LogP contribution in [0, 0.1) is 0 Å². The second-order valence-corrected chi connectivity index (χ2v) is 2.40. The molecule has 0 radical (unpaired) electrons. The summed E-state index contributed by atoms with van der Waals surface area (Å²) in [4.78, 5) is 21.1. The zero-order chi connectivity index (χ0) is 9.40. The van der Waals surface area contributed by atoms with Gasteiger partial charge < -0.3 is 4.74 Å². The molecule has 3 nitrogen and oxygen atoms in total. The molecule has 0 aromatic heterocycles. The van der Waals surface area contributed by atoms with E-state index < -0.39 is 5.97 Å². The molecule has 0 atom stereocenters. The summed E-state index contributed by atoms with van der Waals surface area (Å²) in [5.74, 6) is -0.644. The summed E-state index contributed by atoms with van der Waals surface area (Å²) in [7, 11) is 0. The fraction of sp³-hybridized carbons (Fsp3) is 0.500. The summed E-state index contributed by atoms with van der Waals surface area (Å²) >= 11 is 5.16. The van der Waals surface area contributed by atoms with Gasteiger partial charge in [0.1, 0.15) is 5.88 Å². The monoisotopic (exact) mass is 190 g/mol. The zero-order valence-corrected chi connectivity index (χ0v) is 7.47. The smallest absolute Gasteiger partial charge is 0.320 e. The first-order chi connectivity index (χ1) is 5.70. The van der Waals surface area contributed by atoms with Crippen molar-refractivity contribution in [3.05, 3.63) is 12.7 Å². The van der Waals surface area contributed by atoms with E-state index in [0.717, 1.165) is 0 Å². The van der Waals surface area contributed by atoms with E-state index in [4.69, 9.17) is 11.6 Å². The van der Waals surface area contributed by atoms with Crippen molar-refractivity contribution in [3.8, 4) is 0 Å². The first kappa shape index (κ1) is 11.2. The van der Waals surface area contributed by atoms with E-state index in [1.54, 1.807) is 0 Å². The van der Waals surface area contributed by atoms with Crippen molar-refractivity contribution >= 4 is 23.4 Å². The van der Waals surface area contributed by atoms with Crippen LogP contribution in [-0.2, 0) is 14.3 Å². The summed E-state index contributed by atoms with van der Waals surface area (Å²) in [6.07, 6.45) is 2.13. The van der Waals surface area contributed by atoms with Crippen molar-refractivity contribution < 1.29 is 14.3 Å². The quantitative estimate of drug-likeness (QED) is 0.275. The Labute approximate surface area is 76.3 Å². The minimum atomic E-state index is -0.456. The van der Waals surface area contributed by atoms with Gasteiger partial charge in [0.25, 0.3) is 0 Å². The topological polar surface area (TPSA) is 43.4 Å². The second-order valence-electron chi connectivity index (χ2n) is 2.13. The van der Waals surface area contributed by atoms with Crippen molar-refractivity contribution in [2.45, 2.75) is 12.8 Å². The maximum absolute atomic E-state index is 10.6. The number of alkyl halides is 1. The number of ketones is 1. The second kappa shape index (κ2) is 6.85. The van der Waals surface area contributed by atoms with E-state index in [1.807, 2.05) is 0 Å². The number of carbonyl (C=O) groups is 2. The van der Waals surface area contributed by atoms with Gasteiger partial charge in [-0.2, -0.15) is 0 Å². The third-order valence-corrected chi connectivity index (χ3v) is 1.39. The minimum Gasteiger partial charge on any atom is -0.465 e. The highest BCUT2D eigenvalue weighted by Crippen LogP contribution is 1.93. The molecule has 0 aliphatic heterocycles. The average molecular weight is 191 g/mol. The Morgan fingerprint density at radius 2 is 2.17 bits per heavy atom. The van der Waals surface area contributed by atoms with E-state index in [9.17, 15) is 9.59 Å². The van der Waals surface area contributed by atoms with Crippen molar-refractivity contribution in [2.24, 2.45) is 0 Å². The molecule has 0 aliphatic rings. The number of halogens is 1. The van der Waals surface area contributed by atoms with Crippen molar-refractivity contribution in [2.75, 3.05) is 12.5 Å². The third-order valence-electron chi connectivity index (χ3n) is 1.17. The molecule has 0 N–H and O–H groups in total. The molecule has 68 valence electrons. The van der Waals surface area contributed by atoms with Crippen molar-refractivity contribution in [1.82, 2.24) is 0 Å². The zero-order valence-electron chi connectivity index (χ0n) is 6.72. The summed E-state index contributed by atoms with van der Waals surface area (Å²) in [6, 6.07) is 0. The van der Waals surface area contributed by atoms with Gasteiger partial charge in [-0.3, -0.25) is 9.59 Å². The van der Waals surface area contributed by atoms with Gasteiger partial charge in [0.05, 0.1) is 6.61 Å². The van der Waals surface area contributed by atoms with Gasteiger partial charge in [0.2, 0.25) is 0 Å². The molecule has 0 saturated heterocycles. The molecule has 0 spiro atoms. The predicted molar refractivity (Wildman–Crippen MR) is 46.1 cm³/mol.